The first-order valence-electron chi connectivity index (χ1n) is 7.29. The van der Waals surface area contributed by atoms with Crippen LogP contribution in [0.5, 0.6) is 0 Å². The number of nitro groups is 1. The van der Waals surface area contributed by atoms with Gasteiger partial charge >= 0.3 is 0 Å². The SMILES string of the molecule is Cc1cc(F)c(C=NNc2nc(-c3ccccc3)cs2)c([N+](=O)[O-])c1. The molecule has 0 aliphatic carbocycles. The van der Waals surface area contributed by atoms with Gasteiger partial charge in [-0.05, 0) is 18.6 Å². The van der Waals surface area contributed by atoms with E-state index in [0.29, 0.717) is 10.7 Å². The minimum Gasteiger partial charge on any atom is -0.258 e. The van der Waals surface area contributed by atoms with Gasteiger partial charge < -0.3 is 0 Å². The van der Waals surface area contributed by atoms with Crippen molar-refractivity contribution in [2.24, 2.45) is 5.10 Å². The highest BCUT2D eigenvalue weighted by molar-refractivity contribution is 7.14. The smallest absolute Gasteiger partial charge is 0.258 e. The summed E-state index contributed by atoms with van der Waals surface area (Å²) in [6.07, 6.45) is 1.09. The molecule has 1 N–H and O–H groups in total. The predicted octanol–water partition coefficient (Wildman–Crippen LogP) is 4.61. The Labute approximate surface area is 146 Å². The van der Waals surface area contributed by atoms with Crippen molar-refractivity contribution in [3.8, 4) is 11.3 Å². The molecule has 0 bridgehead atoms. The summed E-state index contributed by atoms with van der Waals surface area (Å²) >= 11 is 1.33. The Bertz CT molecular complexity index is 941. The molecular formula is C17H13FN4O2S. The van der Waals surface area contributed by atoms with Crippen molar-refractivity contribution in [2.75, 3.05) is 5.43 Å². The Morgan fingerprint density at radius 1 is 1.32 bits per heavy atom. The molecule has 0 aliphatic heterocycles. The molecule has 0 unspecified atom stereocenters. The first-order valence-corrected chi connectivity index (χ1v) is 8.17. The highest BCUT2D eigenvalue weighted by Gasteiger charge is 2.17. The molecule has 3 rings (SSSR count). The fourth-order valence-electron chi connectivity index (χ4n) is 2.23. The van der Waals surface area contributed by atoms with Gasteiger partial charge in [0.1, 0.15) is 11.4 Å². The average Bonchev–Trinajstić information content (AvgIpc) is 3.06. The molecule has 0 fully saturated rings. The Morgan fingerprint density at radius 2 is 2.08 bits per heavy atom. The number of benzene rings is 2. The number of rotatable bonds is 5. The van der Waals surface area contributed by atoms with Crippen LogP contribution in [0.3, 0.4) is 0 Å². The summed E-state index contributed by atoms with van der Waals surface area (Å²) in [5, 5.41) is 17.3. The predicted molar refractivity (Wildman–Crippen MR) is 96.6 cm³/mol. The zero-order valence-electron chi connectivity index (χ0n) is 13.1. The van der Waals surface area contributed by atoms with Crippen molar-refractivity contribution in [3.05, 3.63) is 74.9 Å². The molecule has 2 aromatic carbocycles. The molecule has 0 spiro atoms. The van der Waals surface area contributed by atoms with Gasteiger partial charge in [-0.25, -0.2) is 9.37 Å². The second-order valence-electron chi connectivity index (χ2n) is 5.21. The van der Waals surface area contributed by atoms with Crippen molar-refractivity contribution in [2.45, 2.75) is 6.92 Å². The Hall–Kier alpha value is -3.13. The summed E-state index contributed by atoms with van der Waals surface area (Å²) < 4.78 is 14.0. The fraction of sp³-hybridized carbons (Fsp3) is 0.0588. The molecular weight excluding hydrogens is 343 g/mol. The average molecular weight is 356 g/mol. The quantitative estimate of drug-likeness (QED) is 0.411. The maximum atomic E-state index is 14.0. The number of nitrogens with zero attached hydrogens (tertiary/aromatic N) is 3. The minimum atomic E-state index is -0.693. The summed E-state index contributed by atoms with van der Waals surface area (Å²) in [6.45, 7) is 1.59. The molecule has 0 radical (unpaired) electrons. The fourth-order valence-corrected chi connectivity index (χ4v) is 2.90. The van der Waals surface area contributed by atoms with Gasteiger partial charge in [-0.15, -0.1) is 11.3 Å². The third-order valence-corrected chi connectivity index (χ3v) is 4.12. The van der Waals surface area contributed by atoms with Gasteiger partial charge in [-0.1, -0.05) is 30.3 Å². The van der Waals surface area contributed by atoms with Gasteiger partial charge in [0, 0.05) is 17.0 Å². The van der Waals surface area contributed by atoms with Crippen molar-refractivity contribution < 1.29 is 9.31 Å². The van der Waals surface area contributed by atoms with Crippen molar-refractivity contribution in [3.63, 3.8) is 0 Å². The van der Waals surface area contributed by atoms with Crippen LogP contribution in [0.15, 0.2) is 52.9 Å². The lowest BCUT2D eigenvalue weighted by Gasteiger charge is -2.01. The lowest BCUT2D eigenvalue weighted by Crippen LogP contribution is -2.00. The topological polar surface area (TPSA) is 80.4 Å². The Morgan fingerprint density at radius 3 is 2.80 bits per heavy atom. The van der Waals surface area contributed by atoms with Gasteiger partial charge in [0.25, 0.3) is 5.69 Å². The molecule has 0 saturated carbocycles. The molecule has 25 heavy (non-hydrogen) atoms. The van der Waals surface area contributed by atoms with Crippen LogP contribution < -0.4 is 5.43 Å². The van der Waals surface area contributed by atoms with E-state index < -0.39 is 10.7 Å². The number of anilines is 1. The molecule has 1 aromatic heterocycles. The van der Waals surface area contributed by atoms with Crippen LogP contribution in [0.4, 0.5) is 15.2 Å². The zero-order valence-corrected chi connectivity index (χ0v) is 14.0. The lowest BCUT2D eigenvalue weighted by molar-refractivity contribution is -0.385. The van der Waals surface area contributed by atoms with Crippen molar-refractivity contribution in [1.82, 2.24) is 4.98 Å². The van der Waals surface area contributed by atoms with E-state index in [-0.39, 0.29) is 11.3 Å². The van der Waals surface area contributed by atoms with Gasteiger partial charge in [-0.2, -0.15) is 5.10 Å². The first-order chi connectivity index (χ1) is 12.0. The van der Waals surface area contributed by atoms with E-state index in [1.54, 1.807) is 6.92 Å². The number of aryl methyl sites for hydroxylation is 1. The number of halogens is 1. The maximum Gasteiger partial charge on any atom is 0.281 e. The van der Waals surface area contributed by atoms with Gasteiger partial charge in [-0.3, -0.25) is 15.5 Å². The summed E-state index contributed by atoms with van der Waals surface area (Å²) in [4.78, 5) is 14.8. The monoisotopic (exact) mass is 356 g/mol. The number of hydrogen-bond donors (Lipinski definition) is 1. The van der Waals surface area contributed by atoms with Gasteiger partial charge in [0.15, 0.2) is 0 Å². The molecule has 126 valence electrons. The lowest BCUT2D eigenvalue weighted by atomic mass is 10.1. The van der Waals surface area contributed by atoms with Crippen molar-refractivity contribution in [1.29, 1.82) is 0 Å². The summed E-state index contributed by atoms with van der Waals surface area (Å²) in [5.41, 5.74) is 4.40. The second-order valence-corrected chi connectivity index (χ2v) is 6.07. The molecule has 0 amide bonds. The van der Waals surface area contributed by atoms with E-state index in [0.717, 1.165) is 17.5 Å². The second kappa shape index (κ2) is 7.18. The van der Waals surface area contributed by atoms with Crippen LogP contribution in [-0.4, -0.2) is 16.1 Å². The van der Waals surface area contributed by atoms with Crippen LogP contribution in [0.1, 0.15) is 11.1 Å². The number of hydrazone groups is 1. The molecule has 3 aromatic rings. The highest BCUT2D eigenvalue weighted by Crippen LogP contribution is 2.25. The number of nitrogens with one attached hydrogen (secondary N) is 1. The van der Waals surface area contributed by atoms with Crippen LogP contribution in [-0.2, 0) is 0 Å². The minimum absolute atomic E-state index is 0.178. The largest absolute Gasteiger partial charge is 0.281 e. The molecule has 0 saturated heterocycles. The maximum absolute atomic E-state index is 14.0. The third-order valence-electron chi connectivity index (χ3n) is 3.38. The summed E-state index contributed by atoms with van der Waals surface area (Å²) in [7, 11) is 0. The van der Waals surface area contributed by atoms with Crippen LogP contribution in [0, 0.1) is 22.9 Å². The highest BCUT2D eigenvalue weighted by atomic mass is 32.1. The van der Waals surface area contributed by atoms with E-state index in [9.17, 15) is 14.5 Å². The number of hydrogen-bond acceptors (Lipinski definition) is 6. The van der Waals surface area contributed by atoms with Crippen LogP contribution in [0.2, 0.25) is 0 Å². The molecule has 0 aliphatic rings. The molecule has 6 nitrogen and oxygen atoms in total. The summed E-state index contributed by atoms with van der Waals surface area (Å²) in [5.74, 6) is -0.693. The summed E-state index contributed by atoms with van der Waals surface area (Å²) in [6, 6.07) is 12.2. The molecule has 0 atom stereocenters. The van der Waals surface area contributed by atoms with Crippen molar-refractivity contribution >= 4 is 28.4 Å². The van der Waals surface area contributed by atoms with E-state index >= 15 is 0 Å². The van der Waals surface area contributed by atoms with E-state index in [4.69, 9.17) is 0 Å². The van der Waals surface area contributed by atoms with E-state index in [1.165, 1.54) is 23.5 Å². The van der Waals surface area contributed by atoms with Crippen LogP contribution in [0.25, 0.3) is 11.3 Å². The number of thiazole rings is 1. The number of nitro benzene ring substituents is 1. The van der Waals surface area contributed by atoms with E-state index in [2.05, 4.69) is 15.5 Å². The van der Waals surface area contributed by atoms with Gasteiger partial charge in [0.2, 0.25) is 5.13 Å². The van der Waals surface area contributed by atoms with E-state index in [1.807, 2.05) is 35.7 Å². The Kier molecular flexibility index (Phi) is 4.80. The standard InChI is InChI=1S/C17H13FN4O2S/c1-11-7-14(18)13(16(8-11)22(23)24)9-19-21-17-20-15(10-25-17)12-5-3-2-4-6-12/h2-10H,1H3,(H,20,21). The Balaban J connectivity index is 1.79. The number of aromatic nitrogens is 1. The van der Waals surface area contributed by atoms with Gasteiger partial charge in [0.05, 0.1) is 16.8 Å². The van der Waals surface area contributed by atoms with Crippen LogP contribution >= 0.6 is 11.3 Å². The third kappa shape index (κ3) is 3.86. The normalized spacial score (nSPS) is 11.0. The molecule has 1 heterocycles. The molecule has 8 heteroatoms. The zero-order chi connectivity index (χ0) is 17.8. The first kappa shape index (κ1) is 16.7.